The van der Waals surface area contributed by atoms with Crippen molar-refractivity contribution in [1.82, 2.24) is 0 Å². The fourth-order valence-electron chi connectivity index (χ4n) is 2.95. The van der Waals surface area contributed by atoms with Crippen molar-refractivity contribution in [2.45, 2.75) is 0 Å². The van der Waals surface area contributed by atoms with E-state index in [9.17, 15) is 14.9 Å². The Kier molecular flexibility index (Phi) is 3.97. The van der Waals surface area contributed by atoms with Crippen LogP contribution in [0.2, 0.25) is 0 Å². The van der Waals surface area contributed by atoms with Gasteiger partial charge in [-0.2, -0.15) is 0 Å². The molecule has 134 valence electrons. The third-order valence-electron chi connectivity index (χ3n) is 4.29. The number of anilines is 1. The van der Waals surface area contributed by atoms with E-state index < -0.39 is 10.8 Å². The summed E-state index contributed by atoms with van der Waals surface area (Å²) in [6.45, 7) is 0. The molecule has 0 bridgehead atoms. The molecule has 4 aromatic rings. The Morgan fingerprint density at radius 1 is 1.04 bits per heavy atom. The van der Waals surface area contributed by atoms with Gasteiger partial charge in [0.2, 0.25) is 0 Å². The molecule has 27 heavy (non-hydrogen) atoms. The number of nitrogens with zero attached hydrogens (tertiary/aromatic N) is 1. The van der Waals surface area contributed by atoms with Crippen LogP contribution in [0.5, 0.6) is 5.75 Å². The minimum absolute atomic E-state index is 0.0761. The normalized spacial score (nSPS) is 10.9. The number of hydrogen-bond acceptors (Lipinski definition) is 5. The largest absolute Gasteiger partial charge is 0.495 e. The van der Waals surface area contributed by atoms with E-state index in [0.717, 1.165) is 16.4 Å². The third kappa shape index (κ3) is 2.95. The van der Waals surface area contributed by atoms with Gasteiger partial charge in [0.05, 0.1) is 17.7 Å². The third-order valence-corrected chi connectivity index (χ3v) is 4.29. The summed E-state index contributed by atoms with van der Waals surface area (Å²) in [6.07, 6.45) is 0. The number of rotatable bonds is 4. The number of hydrogen-bond donors (Lipinski definition) is 1. The molecule has 0 aliphatic heterocycles. The number of amides is 1. The Hall–Kier alpha value is -3.87. The molecule has 3 aromatic carbocycles. The van der Waals surface area contributed by atoms with Gasteiger partial charge in [0.25, 0.3) is 11.6 Å². The summed E-state index contributed by atoms with van der Waals surface area (Å²) >= 11 is 0. The van der Waals surface area contributed by atoms with Crippen molar-refractivity contribution < 1.29 is 18.9 Å². The van der Waals surface area contributed by atoms with E-state index in [1.165, 1.54) is 31.4 Å². The highest BCUT2D eigenvalue weighted by molar-refractivity contribution is 6.10. The molecule has 0 unspecified atom stereocenters. The standard InChI is InChI=1S/C20H14N2O5/c1-26-19-10-15-14-4-2-3-5-17(14)27-18(15)11-16(19)21-20(23)12-6-8-13(9-7-12)22(24)25/h2-11H,1H3,(H,21,23). The number of carbonyl (C=O) groups is 1. The second-order valence-corrected chi connectivity index (χ2v) is 5.90. The molecular weight excluding hydrogens is 348 g/mol. The summed E-state index contributed by atoms with van der Waals surface area (Å²) in [5.74, 6) is 0.0861. The van der Waals surface area contributed by atoms with Crippen molar-refractivity contribution in [3.05, 3.63) is 76.3 Å². The Bertz CT molecular complexity index is 1180. The van der Waals surface area contributed by atoms with E-state index in [-0.39, 0.29) is 5.69 Å². The number of ether oxygens (including phenoxy) is 1. The summed E-state index contributed by atoms with van der Waals surface area (Å²) in [5.41, 5.74) is 2.04. The number of carbonyl (C=O) groups excluding carboxylic acids is 1. The summed E-state index contributed by atoms with van der Waals surface area (Å²) in [7, 11) is 1.52. The molecule has 1 N–H and O–H groups in total. The molecular formula is C20H14N2O5. The van der Waals surface area contributed by atoms with E-state index >= 15 is 0 Å². The van der Waals surface area contributed by atoms with Gasteiger partial charge in [-0.1, -0.05) is 18.2 Å². The number of fused-ring (bicyclic) bond motifs is 3. The molecule has 0 fully saturated rings. The first kappa shape index (κ1) is 16.6. The molecule has 7 heteroatoms. The van der Waals surface area contributed by atoms with Crippen LogP contribution in [0.15, 0.2) is 65.1 Å². The van der Waals surface area contributed by atoms with Gasteiger partial charge in [-0.05, 0) is 24.3 Å². The molecule has 4 rings (SSSR count). The average molecular weight is 362 g/mol. The fourth-order valence-corrected chi connectivity index (χ4v) is 2.95. The smallest absolute Gasteiger partial charge is 0.269 e. The van der Waals surface area contributed by atoms with Gasteiger partial charge in [-0.15, -0.1) is 0 Å². The maximum Gasteiger partial charge on any atom is 0.269 e. The monoisotopic (exact) mass is 362 g/mol. The first-order chi connectivity index (χ1) is 13.1. The predicted octanol–water partition coefficient (Wildman–Crippen LogP) is 4.76. The van der Waals surface area contributed by atoms with Crippen LogP contribution in [0.4, 0.5) is 11.4 Å². The second kappa shape index (κ2) is 6.45. The Balaban J connectivity index is 1.71. The lowest BCUT2D eigenvalue weighted by atomic mass is 10.1. The quantitative estimate of drug-likeness (QED) is 0.417. The molecule has 0 spiro atoms. The molecule has 0 aliphatic carbocycles. The van der Waals surface area contributed by atoms with Crippen LogP contribution in [-0.4, -0.2) is 17.9 Å². The van der Waals surface area contributed by atoms with E-state index in [4.69, 9.17) is 9.15 Å². The number of para-hydroxylation sites is 1. The van der Waals surface area contributed by atoms with Crippen LogP contribution in [0.25, 0.3) is 21.9 Å². The van der Waals surface area contributed by atoms with Gasteiger partial charge < -0.3 is 14.5 Å². The van der Waals surface area contributed by atoms with E-state index in [2.05, 4.69) is 5.32 Å². The van der Waals surface area contributed by atoms with Gasteiger partial charge >= 0.3 is 0 Å². The summed E-state index contributed by atoms with van der Waals surface area (Å²) in [4.78, 5) is 22.7. The maximum absolute atomic E-state index is 12.5. The zero-order valence-corrected chi connectivity index (χ0v) is 14.3. The molecule has 0 saturated carbocycles. The molecule has 0 radical (unpaired) electrons. The lowest BCUT2D eigenvalue weighted by Crippen LogP contribution is -2.12. The Morgan fingerprint density at radius 3 is 2.48 bits per heavy atom. The first-order valence-corrected chi connectivity index (χ1v) is 8.12. The van der Waals surface area contributed by atoms with E-state index in [1.807, 2.05) is 30.3 Å². The van der Waals surface area contributed by atoms with Gasteiger partial charge in [-0.25, -0.2) is 0 Å². The molecule has 0 saturated heterocycles. The SMILES string of the molecule is COc1cc2c(cc1NC(=O)c1ccc([N+](=O)[O-])cc1)oc1ccccc12. The lowest BCUT2D eigenvalue weighted by molar-refractivity contribution is -0.384. The van der Waals surface area contributed by atoms with Crippen LogP contribution in [0.1, 0.15) is 10.4 Å². The zero-order valence-electron chi connectivity index (χ0n) is 14.3. The van der Waals surface area contributed by atoms with Crippen LogP contribution in [-0.2, 0) is 0 Å². The fraction of sp³-hybridized carbons (Fsp3) is 0.0500. The Labute approximate surface area is 153 Å². The molecule has 1 aromatic heterocycles. The Morgan fingerprint density at radius 2 is 1.78 bits per heavy atom. The average Bonchev–Trinajstić information content (AvgIpc) is 3.04. The zero-order chi connectivity index (χ0) is 19.0. The molecule has 0 aliphatic rings. The van der Waals surface area contributed by atoms with Crippen molar-refractivity contribution >= 4 is 39.2 Å². The van der Waals surface area contributed by atoms with Crippen molar-refractivity contribution in [1.29, 1.82) is 0 Å². The van der Waals surface area contributed by atoms with Crippen molar-refractivity contribution in [3.63, 3.8) is 0 Å². The second-order valence-electron chi connectivity index (χ2n) is 5.90. The van der Waals surface area contributed by atoms with Crippen molar-refractivity contribution in [2.75, 3.05) is 12.4 Å². The van der Waals surface area contributed by atoms with E-state index in [1.54, 1.807) is 6.07 Å². The molecule has 1 amide bonds. The van der Waals surface area contributed by atoms with Crippen LogP contribution in [0.3, 0.4) is 0 Å². The number of nitrogens with one attached hydrogen (secondary N) is 1. The number of nitro benzene ring substituents is 1. The summed E-state index contributed by atoms with van der Waals surface area (Å²) < 4.78 is 11.3. The van der Waals surface area contributed by atoms with Gasteiger partial charge in [0.1, 0.15) is 16.9 Å². The van der Waals surface area contributed by atoms with Gasteiger partial charge in [0, 0.05) is 34.5 Å². The highest BCUT2D eigenvalue weighted by Gasteiger charge is 2.15. The predicted molar refractivity (Wildman–Crippen MR) is 101 cm³/mol. The number of methoxy groups -OCH3 is 1. The number of nitro groups is 1. The highest BCUT2D eigenvalue weighted by atomic mass is 16.6. The van der Waals surface area contributed by atoms with Gasteiger partial charge in [0.15, 0.2) is 0 Å². The molecule has 0 atom stereocenters. The number of furan rings is 1. The lowest BCUT2D eigenvalue weighted by Gasteiger charge is -2.10. The molecule has 7 nitrogen and oxygen atoms in total. The molecule has 1 heterocycles. The van der Waals surface area contributed by atoms with Crippen LogP contribution < -0.4 is 10.1 Å². The van der Waals surface area contributed by atoms with Crippen molar-refractivity contribution in [2.24, 2.45) is 0 Å². The van der Waals surface area contributed by atoms with Gasteiger partial charge in [-0.3, -0.25) is 14.9 Å². The first-order valence-electron chi connectivity index (χ1n) is 8.12. The minimum atomic E-state index is -0.514. The van der Waals surface area contributed by atoms with E-state index in [0.29, 0.717) is 22.6 Å². The summed E-state index contributed by atoms with van der Waals surface area (Å²) in [6, 6.07) is 16.5. The summed E-state index contributed by atoms with van der Waals surface area (Å²) in [5, 5.41) is 15.3. The topological polar surface area (TPSA) is 94.6 Å². The van der Waals surface area contributed by atoms with Crippen LogP contribution >= 0.6 is 0 Å². The number of non-ortho nitro benzene ring substituents is 1. The minimum Gasteiger partial charge on any atom is -0.495 e. The number of benzene rings is 3. The van der Waals surface area contributed by atoms with Crippen molar-refractivity contribution in [3.8, 4) is 5.75 Å². The van der Waals surface area contributed by atoms with Crippen LogP contribution in [0, 0.1) is 10.1 Å². The highest BCUT2D eigenvalue weighted by Crippen LogP contribution is 2.36. The maximum atomic E-state index is 12.5.